The van der Waals surface area contributed by atoms with Crippen molar-refractivity contribution in [3.05, 3.63) is 23.2 Å². The maximum absolute atomic E-state index is 12.5. The van der Waals surface area contributed by atoms with Gasteiger partial charge in [0.25, 0.3) is 5.91 Å². The number of hydrogen-bond donors (Lipinski definition) is 3. The predicted molar refractivity (Wildman–Crippen MR) is 82.4 cm³/mol. The molecule has 0 spiro atoms. The maximum atomic E-state index is 12.5. The number of carbonyl (C=O) groups excluding carboxylic acids is 1. The number of nitrogens with two attached hydrogens (primary N) is 1. The van der Waals surface area contributed by atoms with E-state index < -0.39 is 22.5 Å². The molecule has 1 heterocycles. The summed E-state index contributed by atoms with van der Waals surface area (Å²) < 4.78 is 32.9. The van der Waals surface area contributed by atoms with Crippen LogP contribution in [0, 0.1) is 0 Å². The predicted octanol–water partition coefficient (Wildman–Crippen LogP) is 0.234. The van der Waals surface area contributed by atoms with E-state index in [-0.39, 0.29) is 21.7 Å². The zero-order valence-corrected chi connectivity index (χ0v) is 13.4. The lowest BCUT2D eigenvalue weighted by Crippen LogP contribution is -2.42. The summed E-state index contributed by atoms with van der Waals surface area (Å²) in [6.45, 7) is 1.11. The Hall–Kier alpha value is -1.35. The van der Waals surface area contributed by atoms with E-state index >= 15 is 0 Å². The van der Waals surface area contributed by atoms with Gasteiger partial charge < -0.3 is 15.8 Å². The maximum Gasteiger partial charge on any atom is 0.255 e. The van der Waals surface area contributed by atoms with Gasteiger partial charge in [0, 0.05) is 11.1 Å². The largest absolute Gasteiger partial charge is 0.482 e. The molecule has 1 aliphatic rings. The van der Waals surface area contributed by atoms with Gasteiger partial charge in [-0.3, -0.25) is 4.79 Å². The first kappa shape index (κ1) is 17.0. The molecule has 7 nitrogen and oxygen atoms in total. The zero-order chi connectivity index (χ0) is 16.2. The number of halogens is 1. The number of amides is 1. The summed E-state index contributed by atoms with van der Waals surface area (Å²) >= 11 is 5.88. The van der Waals surface area contributed by atoms with E-state index in [4.69, 9.17) is 22.1 Å². The highest BCUT2D eigenvalue weighted by Gasteiger charge is 2.25. The Balaban J connectivity index is 2.23. The van der Waals surface area contributed by atoms with Crippen LogP contribution in [0.25, 0.3) is 0 Å². The quantitative estimate of drug-likeness (QED) is 0.682. The number of carbonyl (C=O) groups is 1. The second kappa shape index (κ2) is 7.28. The minimum Gasteiger partial charge on any atom is -0.482 e. The summed E-state index contributed by atoms with van der Waals surface area (Å²) in [5.41, 5.74) is 5.02. The number of hydrogen-bond acceptors (Lipinski definition) is 5. The second-order valence-electron chi connectivity index (χ2n) is 4.99. The van der Waals surface area contributed by atoms with Gasteiger partial charge >= 0.3 is 0 Å². The standard InChI is InChI=1S/C13H18ClN3O4S/c14-9-1-2-11(21-8-13(15)18)12(7-9)22(19,20)17-10-3-5-16-6-4-10/h1-2,7,10,16-17H,3-6,8H2,(H2,15,18). The molecule has 0 aliphatic carbocycles. The van der Waals surface area contributed by atoms with Crippen LogP contribution in [-0.2, 0) is 14.8 Å². The molecule has 0 saturated carbocycles. The first-order valence-electron chi connectivity index (χ1n) is 6.82. The van der Waals surface area contributed by atoms with Crippen molar-refractivity contribution in [3.8, 4) is 5.75 Å². The molecule has 22 heavy (non-hydrogen) atoms. The number of benzene rings is 1. The van der Waals surface area contributed by atoms with Gasteiger partial charge in [0.15, 0.2) is 6.61 Å². The molecule has 2 rings (SSSR count). The molecule has 1 fully saturated rings. The molecule has 0 aromatic heterocycles. The molecule has 122 valence electrons. The first-order chi connectivity index (χ1) is 10.4. The monoisotopic (exact) mass is 347 g/mol. The van der Waals surface area contributed by atoms with Gasteiger partial charge in [0.1, 0.15) is 10.6 Å². The van der Waals surface area contributed by atoms with Gasteiger partial charge in [-0.1, -0.05) is 11.6 Å². The summed E-state index contributed by atoms with van der Waals surface area (Å²) in [5, 5.41) is 3.42. The van der Waals surface area contributed by atoms with Gasteiger partial charge in [-0.2, -0.15) is 0 Å². The number of sulfonamides is 1. The number of rotatable bonds is 6. The summed E-state index contributed by atoms with van der Waals surface area (Å²) in [5.74, 6) is -0.644. The molecule has 0 atom stereocenters. The van der Waals surface area contributed by atoms with Crippen LogP contribution in [0.15, 0.2) is 23.1 Å². The number of primary amides is 1. The van der Waals surface area contributed by atoms with Crippen molar-refractivity contribution in [1.82, 2.24) is 10.0 Å². The van der Waals surface area contributed by atoms with Gasteiger partial charge in [0.2, 0.25) is 10.0 Å². The van der Waals surface area contributed by atoms with Crippen LogP contribution in [0.3, 0.4) is 0 Å². The van der Waals surface area contributed by atoms with Crippen molar-refractivity contribution < 1.29 is 17.9 Å². The van der Waals surface area contributed by atoms with Crippen LogP contribution in [0.5, 0.6) is 5.75 Å². The minimum absolute atomic E-state index is 0.0460. The van der Waals surface area contributed by atoms with E-state index in [1.54, 1.807) is 0 Å². The van der Waals surface area contributed by atoms with Crippen LogP contribution < -0.4 is 20.5 Å². The van der Waals surface area contributed by atoms with Crippen molar-refractivity contribution >= 4 is 27.5 Å². The fourth-order valence-electron chi connectivity index (χ4n) is 2.18. The number of ether oxygens (including phenoxy) is 1. The van der Waals surface area contributed by atoms with E-state index in [0.29, 0.717) is 12.8 Å². The third-order valence-electron chi connectivity index (χ3n) is 3.23. The van der Waals surface area contributed by atoms with Crippen molar-refractivity contribution in [2.75, 3.05) is 19.7 Å². The van der Waals surface area contributed by atoms with Crippen LogP contribution >= 0.6 is 11.6 Å². The topological polar surface area (TPSA) is 111 Å². The van der Waals surface area contributed by atoms with E-state index in [1.807, 2.05) is 0 Å². The van der Waals surface area contributed by atoms with E-state index in [0.717, 1.165) is 13.1 Å². The Kier molecular flexibility index (Phi) is 5.63. The molecule has 1 aliphatic heterocycles. The normalized spacial score (nSPS) is 16.4. The molecular weight excluding hydrogens is 330 g/mol. The summed E-state index contributed by atoms with van der Waals surface area (Å²) in [6.07, 6.45) is 1.41. The van der Waals surface area contributed by atoms with Crippen LogP contribution in [0.4, 0.5) is 0 Å². The molecule has 0 radical (unpaired) electrons. The Labute approximate surface area is 134 Å². The fraction of sp³-hybridized carbons (Fsp3) is 0.462. The highest BCUT2D eigenvalue weighted by Crippen LogP contribution is 2.27. The SMILES string of the molecule is NC(=O)COc1ccc(Cl)cc1S(=O)(=O)NC1CCNCC1. The lowest BCUT2D eigenvalue weighted by atomic mass is 10.1. The molecule has 0 unspecified atom stereocenters. The Bertz CT molecular complexity index is 645. The minimum atomic E-state index is -3.80. The van der Waals surface area contributed by atoms with Crippen LogP contribution in [0.2, 0.25) is 5.02 Å². The van der Waals surface area contributed by atoms with E-state index in [1.165, 1.54) is 18.2 Å². The van der Waals surface area contributed by atoms with Crippen molar-refractivity contribution in [2.24, 2.45) is 5.73 Å². The average molecular weight is 348 g/mol. The Morgan fingerprint density at radius 1 is 1.41 bits per heavy atom. The number of piperidine rings is 1. The van der Waals surface area contributed by atoms with Gasteiger partial charge in [0.05, 0.1) is 0 Å². The fourth-order valence-corrected chi connectivity index (χ4v) is 3.89. The van der Waals surface area contributed by atoms with Gasteiger partial charge in [-0.05, 0) is 44.1 Å². The smallest absolute Gasteiger partial charge is 0.255 e. The molecule has 9 heteroatoms. The molecular formula is C13H18ClN3O4S. The van der Waals surface area contributed by atoms with Crippen molar-refractivity contribution in [3.63, 3.8) is 0 Å². The Morgan fingerprint density at radius 3 is 2.73 bits per heavy atom. The third-order valence-corrected chi connectivity index (χ3v) is 5.00. The van der Waals surface area contributed by atoms with Crippen molar-refractivity contribution in [1.29, 1.82) is 0 Å². The van der Waals surface area contributed by atoms with Crippen LogP contribution in [-0.4, -0.2) is 40.1 Å². The average Bonchev–Trinajstić information content (AvgIpc) is 2.46. The van der Waals surface area contributed by atoms with Gasteiger partial charge in [-0.15, -0.1) is 0 Å². The zero-order valence-electron chi connectivity index (χ0n) is 11.8. The summed E-state index contributed by atoms with van der Waals surface area (Å²) in [4.78, 5) is 10.7. The summed E-state index contributed by atoms with van der Waals surface area (Å²) in [7, 11) is -3.80. The first-order valence-corrected chi connectivity index (χ1v) is 8.68. The highest BCUT2D eigenvalue weighted by atomic mass is 35.5. The number of nitrogens with one attached hydrogen (secondary N) is 2. The lowest BCUT2D eigenvalue weighted by molar-refractivity contribution is -0.120. The Morgan fingerprint density at radius 2 is 2.09 bits per heavy atom. The molecule has 1 saturated heterocycles. The molecule has 4 N–H and O–H groups in total. The molecule has 1 aromatic carbocycles. The van der Waals surface area contributed by atoms with Crippen molar-refractivity contribution in [2.45, 2.75) is 23.8 Å². The molecule has 1 amide bonds. The van der Waals surface area contributed by atoms with E-state index in [2.05, 4.69) is 10.0 Å². The lowest BCUT2D eigenvalue weighted by Gasteiger charge is -2.24. The second-order valence-corrected chi connectivity index (χ2v) is 7.11. The van der Waals surface area contributed by atoms with Crippen LogP contribution in [0.1, 0.15) is 12.8 Å². The third kappa shape index (κ3) is 4.57. The van der Waals surface area contributed by atoms with Gasteiger partial charge in [-0.25, -0.2) is 13.1 Å². The van der Waals surface area contributed by atoms with E-state index in [9.17, 15) is 13.2 Å². The summed E-state index contributed by atoms with van der Waals surface area (Å²) in [6, 6.07) is 4.04. The highest BCUT2D eigenvalue weighted by molar-refractivity contribution is 7.89. The molecule has 1 aromatic rings. The molecule has 0 bridgehead atoms.